The molecule has 4 aromatic rings. The summed E-state index contributed by atoms with van der Waals surface area (Å²) in [5.74, 6) is 1.49. The first-order valence-corrected chi connectivity index (χ1v) is 17.1. The maximum absolute atomic E-state index is 14.3. The van der Waals surface area contributed by atoms with Crippen LogP contribution in [0.25, 0.3) is 6.08 Å². The van der Waals surface area contributed by atoms with E-state index in [0.717, 1.165) is 9.13 Å². The minimum Gasteiger partial charge on any atom is -0.493 e. The number of allylic oxidation sites excluding steroid dienone is 1. The van der Waals surface area contributed by atoms with Gasteiger partial charge in [-0.05, 0) is 104 Å². The van der Waals surface area contributed by atoms with E-state index in [1.54, 1.807) is 58.4 Å². The Kier molecular flexibility index (Phi) is 11.0. The quantitative estimate of drug-likeness (QED) is 0.128. The lowest BCUT2D eigenvalue weighted by Gasteiger charge is -2.25. The highest BCUT2D eigenvalue weighted by Crippen LogP contribution is 2.37. The first-order chi connectivity index (χ1) is 22.5. The third kappa shape index (κ3) is 7.52. The van der Waals surface area contributed by atoms with E-state index >= 15 is 0 Å². The third-order valence-electron chi connectivity index (χ3n) is 7.23. The lowest BCUT2D eigenvalue weighted by Crippen LogP contribution is -2.40. The van der Waals surface area contributed by atoms with Crippen LogP contribution in [0.2, 0.25) is 5.02 Å². The molecule has 9 nitrogen and oxygen atoms in total. The SMILES string of the molecule is CCOC(=O)C1=C(C)N=c2s/c(=C/c3cc(I)cc(OC)c3OCc3ccc(Cl)cc3)c(=O)n2[C@H]1c1ccc(OC(C)C)c(OC)c1. The van der Waals surface area contributed by atoms with Crippen molar-refractivity contribution in [1.29, 1.82) is 0 Å². The summed E-state index contributed by atoms with van der Waals surface area (Å²) in [6.07, 6.45) is 1.69. The second kappa shape index (κ2) is 15.0. The van der Waals surface area contributed by atoms with Gasteiger partial charge in [-0.1, -0.05) is 41.1 Å². The van der Waals surface area contributed by atoms with Crippen LogP contribution in [0.1, 0.15) is 50.4 Å². The number of ether oxygens (including phenoxy) is 5. The van der Waals surface area contributed by atoms with Gasteiger partial charge in [-0.25, -0.2) is 9.79 Å². The van der Waals surface area contributed by atoms with Crippen molar-refractivity contribution in [2.75, 3.05) is 20.8 Å². The number of carbonyl (C=O) groups excluding carboxylic acids is 1. The molecule has 0 amide bonds. The number of benzene rings is 3. The summed E-state index contributed by atoms with van der Waals surface area (Å²) in [5.41, 5.74) is 2.63. The Morgan fingerprint density at radius 3 is 2.45 bits per heavy atom. The van der Waals surface area contributed by atoms with Gasteiger partial charge in [-0.2, -0.15) is 0 Å². The Morgan fingerprint density at radius 2 is 1.79 bits per heavy atom. The lowest BCUT2D eigenvalue weighted by atomic mass is 9.95. The molecule has 0 unspecified atom stereocenters. The van der Waals surface area contributed by atoms with Crippen molar-refractivity contribution < 1.29 is 28.5 Å². The van der Waals surface area contributed by atoms with Gasteiger partial charge in [0.05, 0.1) is 48.8 Å². The molecule has 5 rings (SSSR count). The van der Waals surface area contributed by atoms with Gasteiger partial charge in [0, 0.05) is 14.2 Å². The van der Waals surface area contributed by atoms with Crippen LogP contribution in [0.5, 0.6) is 23.0 Å². The predicted octanol–water partition coefficient (Wildman–Crippen LogP) is 6.44. The summed E-state index contributed by atoms with van der Waals surface area (Å²) in [4.78, 5) is 32.9. The van der Waals surface area contributed by atoms with Gasteiger partial charge >= 0.3 is 5.97 Å². The maximum Gasteiger partial charge on any atom is 0.338 e. The van der Waals surface area contributed by atoms with Crippen LogP contribution in [-0.4, -0.2) is 37.5 Å². The molecule has 2 heterocycles. The molecule has 0 radical (unpaired) electrons. The number of aromatic nitrogens is 1. The molecule has 0 saturated carbocycles. The van der Waals surface area contributed by atoms with Crippen LogP contribution >= 0.6 is 45.5 Å². The van der Waals surface area contributed by atoms with Crippen LogP contribution in [0.15, 0.2) is 75.7 Å². The number of carbonyl (C=O) groups is 1. The second-order valence-corrected chi connectivity index (χ2v) is 13.5. The molecule has 1 aromatic heterocycles. The number of esters is 1. The highest BCUT2D eigenvalue weighted by atomic mass is 127. The second-order valence-electron chi connectivity index (χ2n) is 10.8. The Morgan fingerprint density at radius 1 is 1.06 bits per heavy atom. The normalized spacial score (nSPS) is 14.5. The molecule has 0 N–H and O–H groups in total. The largest absolute Gasteiger partial charge is 0.493 e. The predicted molar refractivity (Wildman–Crippen MR) is 191 cm³/mol. The molecule has 12 heteroatoms. The summed E-state index contributed by atoms with van der Waals surface area (Å²) in [7, 11) is 3.12. The fourth-order valence-corrected chi connectivity index (χ4v) is 6.97. The van der Waals surface area contributed by atoms with Crippen LogP contribution < -0.4 is 33.8 Å². The zero-order valence-corrected chi connectivity index (χ0v) is 30.5. The number of hydrogen-bond acceptors (Lipinski definition) is 9. The number of rotatable bonds is 11. The summed E-state index contributed by atoms with van der Waals surface area (Å²) >= 11 is 9.49. The number of nitrogens with zero attached hydrogens (tertiary/aromatic N) is 2. The molecular weight excluding hydrogens is 755 g/mol. The molecule has 0 aliphatic carbocycles. The summed E-state index contributed by atoms with van der Waals surface area (Å²) in [5, 5.41) is 0.634. The van der Waals surface area contributed by atoms with E-state index < -0.39 is 12.0 Å². The fraction of sp³-hybridized carbons (Fsp3) is 0.286. The van der Waals surface area contributed by atoms with Crippen molar-refractivity contribution in [2.45, 2.75) is 46.4 Å². The Balaban J connectivity index is 1.67. The van der Waals surface area contributed by atoms with Gasteiger partial charge in [0.25, 0.3) is 5.56 Å². The average molecular weight is 789 g/mol. The van der Waals surface area contributed by atoms with Crippen molar-refractivity contribution in [3.63, 3.8) is 0 Å². The monoisotopic (exact) mass is 788 g/mol. The van der Waals surface area contributed by atoms with E-state index in [9.17, 15) is 9.59 Å². The van der Waals surface area contributed by atoms with Crippen molar-refractivity contribution in [3.8, 4) is 23.0 Å². The molecule has 0 spiro atoms. The van der Waals surface area contributed by atoms with E-state index in [0.29, 0.717) is 54.2 Å². The molecular formula is C35H34ClIN2O7S. The molecule has 246 valence electrons. The minimum absolute atomic E-state index is 0.0793. The molecule has 0 fully saturated rings. The number of hydrogen-bond donors (Lipinski definition) is 0. The van der Waals surface area contributed by atoms with Gasteiger partial charge in [-0.3, -0.25) is 9.36 Å². The number of thiazole rings is 1. The smallest absolute Gasteiger partial charge is 0.338 e. The van der Waals surface area contributed by atoms with Gasteiger partial charge in [0.15, 0.2) is 27.8 Å². The van der Waals surface area contributed by atoms with Crippen LogP contribution in [-0.2, 0) is 16.1 Å². The number of halogens is 2. The topological polar surface area (TPSA) is 97.6 Å². The molecule has 47 heavy (non-hydrogen) atoms. The molecule has 0 bridgehead atoms. The Bertz CT molecular complexity index is 2020. The van der Waals surface area contributed by atoms with Crippen LogP contribution in [0.3, 0.4) is 0 Å². The summed E-state index contributed by atoms with van der Waals surface area (Å²) in [6.45, 7) is 7.76. The van der Waals surface area contributed by atoms with E-state index in [1.807, 2.05) is 44.2 Å². The van der Waals surface area contributed by atoms with Gasteiger partial charge in [-0.15, -0.1) is 0 Å². The standard InChI is InChI=1S/C35H34ClIN2O7S/c1-7-44-34(41)30-20(4)38-35-39(31(30)22-10-13-26(46-19(2)3)27(15-22)42-5)33(40)29(47-35)16-23-14-25(37)17-28(43-6)32(23)45-18-21-8-11-24(36)12-9-21/h8-17,19,31H,7,18H2,1-6H3/b29-16+/t31-/m0/s1. The fourth-order valence-electron chi connectivity index (χ4n) is 5.19. The average Bonchev–Trinajstić information content (AvgIpc) is 3.34. The highest BCUT2D eigenvalue weighted by Gasteiger charge is 2.34. The van der Waals surface area contributed by atoms with Crippen molar-refractivity contribution in [2.24, 2.45) is 4.99 Å². The molecule has 1 aliphatic rings. The van der Waals surface area contributed by atoms with E-state index in [2.05, 4.69) is 22.6 Å². The van der Waals surface area contributed by atoms with Gasteiger partial charge in [0.1, 0.15) is 6.61 Å². The first kappa shape index (κ1) is 34.5. The molecule has 1 atom stereocenters. The van der Waals surface area contributed by atoms with Gasteiger partial charge < -0.3 is 23.7 Å². The maximum atomic E-state index is 14.3. The zero-order chi connectivity index (χ0) is 33.8. The third-order valence-corrected chi connectivity index (χ3v) is 9.09. The molecule has 0 saturated heterocycles. The first-order valence-electron chi connectivity index (χ1n) is 14.8. The highest BCUT2D eigenvalue weighted by molar-refractivity contribution is 14.1. The van der Waals surface area contributed by atoms with Crippen LogP contribution in [0, 0.1) is 3.57 Å². The molecule has 3 aromatic carbocycles. The summed E-state index contributed by atoms with van der Waals surface area (Å²) < 4.78 is 31.8. The summed E-state index contributed by atoms with van der Waals surface area (Å²) in [6, 6.07) is 15.7. The van der Waals surface area contributed by atoms with Crippen molar-refractivity contribution in [3.05, 3.63) is 111 Å². The van der Waals surface area contributed by atoms with Gasteiger partial charge in [0.2, 0.25) is 0 Å². The van der Waals surface area contributed by atoms with E-state index in [1.165, 1.54) is 15.9 Å². The lowest BCUT2D eigenvalue weighted by molar-refractivity contribution is -0.139. The van der Waals surface area contributed by atoms with Crippen LogP contribution in [0.4, 0.5) is 0 Å². The molecule has 1 aliphatic heterocycles. The van der Waals surface area contributed by atoms with Crippen molar-refractivity contribution >= 4 is 57.6 Å². The van der Waals surface area contributed by atoms with Crippen molar-refractivity contribution in [1.82, 2.24) is 4.57 Å². The number of fused-ring (bicyclic) bond motifs is 1. The Hall–Kier alpha value is -3.81. The van der Waals surface area contributed by atoms with E-state index in [-0.39, 0.29) is 30.5 Å². The zero-order valence-electron chi connectivity index (χ0n) is 26.8. The number of methoxy groups -OCH3 is 2. The Labute approximate surface area is 295 Å². The minimum atomic E-state index is -0.819. The van der Waals surface area contributed by atoms with E-state index in [4.69, 9.17) is 40.3 Å².